The first kappa shape index (κ1) is 19.9. The molecule has 0 saturated carbocycles. The van der Waals surface area contributed by atoms with Crippen LogP contribution in [0.25, 0.3) is 0 Å². The number of sulfonamides is 1. The zero-order chi connectivity index (χ0) is 18.6. The number of rotatable bonds is 6. The van der Waals surface area contributed by atoms with Crippen molar-refractivity contribution in [2.75, 3.05) is 19.6 Å². The molecule has 2 unspecified atom stereocenters. The molecule has 1 fully saturated rings. The summed E-state index contributed by atoms with van der Waals surface area (Å²) in [4.78, 5) is 12.4. The average Bonchev–Trinajstić information content (AvgIpc) is 2.53. The third kappa shape index (κ3) is 5.28. The molecule has 0 bridgehead atoms. The maximum Gasteiger partial charge on any atom is 0.251 e. The lowest BCUT2D eigenvalue weighted by Crippen LogP contribution is -2.42. The Hall–Kier alpha value is -1.40. The Balaban J connectivity index is 2.06. The van der Waals surface area contributed by atoms with Crippen molar-refractivity contribution >= 4 is 15.9 Å². The normalized spacial score (nSPS) is 22.1. The van der Waals surface area contributed by atoms with Gasteiger partial charge in [-0.05, 0) is 54.9 Å². The lowest BCUT2D eigenvalue weighted by Gasteiger charge is -2.34. The maximum absolute atomic E-state index is 12.8. The van der Waals surface area contributed by atoms with Gasteiger partial charge < -0.3 is 5.32 Å². The van der Waals surface area contributed by atoms with Gasteiger partial charge in [0.1, 0.15) is 0 Å². The number of piperidine rings is 1. The van der Waals surface area contributed by atoms with Crippen LogP contribution in [0, 0.1) is 17.8 Å². The molecular formula is C19H30N2O3S. The van der Waals surface area contributed by atoms with Gasteiger partial charge in [-0.2, -0.15) is 4.31 Å². The summed E-state index contributed by atoms with van der Waals surface area (Å²) in [6.45, 7) is 10.1. The summed E-state index contributed by atoms with van der Waals surface area (Å²) in [7, 11) is -3.50. The molecule has 5 nitrogen and oxygen atoms in total. The molecule has 1 aliphatic rings. The lowest BCUT2D eigenvalue weighted by molar-refractivity contribution is 0.0952. The van der Waals surface area contributed by atoms with E-state index in [4.69, 9.17) is 0 Å². The van der Waals surface area contributed by atoms with Gasteiger partial charge in [0, 0.05) is 25.2 Å². The fourth-order valence-electron chi connectivity index (χ4n) is 3.31. The van der Waals surface area contributed by atoms with Crippen LogP contribution >= 0.6 is 0 Å². The highest BCUT2D eigenvalue weighted by Crippen LogP contribution is 2.26. The molecule has 2 rings (SSSR count). The number of nitrogens with one attached hydrogen (secondary N) is 1. The maximum atomic E-state index is 12.8. The zero-order valence-electron chi connectivity index (χ0n) is 15.7. The first-order valence-electron chi connectivity index (χ1n) is 9.08. The second-order valence-electron chi connectivity index (χ2n) is 7.73. The van der Waals surface area contributed by atoms with E-state index in [2.05, 4.69) is 33.0 Å². The fourth-order valence-corrected chi connectivity index (χ4v) is 4.99. The van der Waals surface area contributed by atoms with Gasteiger partial charge in [-0.1, -0.05) is 27.7 Å². The highest BCUT2D eigenvalue weighted by atomic mass is 32.2. The van der Waals surface area contributed by atoms with E-state index in [0.717, 1.165) is 12.8 Å². The SMILES string of the molecule is CC(C)CCNC(=O)c1ccc(S(=O)(=O)N2CC(C)CC(C)C2)cc1. The summed E-state index contributed by atoms with van der Waals surface area (Å²) in [5.41, 5.74) is 0.489. The van der Waals surface area contributed by atoms with Gasteiger partial charge in [-0.25, -0.2) is 8.42 Å². The van der Waals surface area contributed by atoms with Crippen LogP contribution in [0.1, 0.15) is 50.9 Å². The van der Waals surface area contributed by atoms with Crippen LogP contribution < -0.4 is 5.32 Å². The second kappa shape index (κ2) is 8.32. The Morgan fingerprint density at radius 2 is 1.72 bits per heavy atom. The van der Waals surface area contributed by atoms with Crippen LogP contribution in [0.15, 0.2) is 29.2 Å². The lowest BCUT2D eigenvalue weighted by atomic mass is 9.94. The van der Waals surface area contributed by atoms with Crippen LogP contribution in [0.3, 0.4) is 0 Å². The number of carbonyl (C=O) groups is 1. The predicted molar refractivity (Wildman–Crippen MR) is 99.9 cm³/mol. The van der Waals surface area contributed by atoms with Crippen molar-refractivity contribution in [3.05, 3.63) is 29.8 Å². The average molecular weight is 367 g/mol. The van der Waals surface area contributed by atoms with E-state index in [1.165, 1.54) is 12.1 Å². The first-order valence-corrected chi connectivity index (χ1v) is 10.5. The summed E-state index contributed by atoms with van der Waals surface area (Å²) < 4.78 is 27.2. The monoisotopic (exact) mass is 366 g/mol. The smallest absolute Gasteiger partial charge is 0.251 e. The number of hydrogen-bond donors (Lipinski definition) is 1. The van der Waals surface area contributed by atoms with Crippen molar-refractivity contribution in [3.8, 4) is 0 Å². The molecule has 1 aromatic rings. The van der Waals surface area contributed by atoms with E-state index in [1.54, 1.807) is 16.4 Å². The summed E-state index contributed by atoms with van der Waals surface area (Å²) in [6, 6.07) is 6.26. The Bertz CT molecular complexity index is 673. The molecule has 0 spiro atoms. The molecule has 1 heterocycles. The van der Waals surface area contributed by atoms with Gasteiger partial charge in [0.2, 0.25) is 10.0 Å². The topological polar surface area (TPSA) is 66.5 Å². The Labute approximate surface area is 151 Å². The van der Waals surface area contributed by atoms with E-state index in [1.807, 2.05) is 0 Å². The Kier molecular flexibility index (Phi) is 6.63. The molecule has 1 aromatic carbocycles. The fraction of sp³-hybridized carbons (Fsp3) is 0.632. The molecule has 1 saturated heterocycles. The van der Waals surface area contributed by atoms with Gasteiger partial charge in [-0.15, -0.1) is 0 Å². The summed E-state index contributed by atoms with van der Waals surface area (Å²) in [5, 5.41) is 2.86. The molecule has 25 heavy (non-hydrogen) atoms. The number of amides is 1. The minimum atomic E-state index is -3.50. The summed E-state index contributed by atoms with van der Waals surface area (Å²) in [6.07, 6.45) is 1.98. The van der Waals surface area contributed by atoms with Gasteiger partial charge in [0.15, 0.2) is 0 Å². The molecule has 0 aromatic heterocycles. The summed E-state index contributed by atoms with van der Waals surface area (Å²) in [5.74, 6) is 1.10. The van der Waals surface area contributed by atoms with Crippen molar-refractivity contribution in [1.82, 2.24) is 9.62 Å². The zero-order valence-corrected chi connectivity index (χ0v) is 16.5. The standard InChI is InChI=1S/C19H30N2O3S/c1-14(2)9-10-20-19(22)17-5-7-18(8-6-17)25(23,24)21-12-15(3)11-16(4)13-21/h5-8,14-16H,9-13H2,1-4H3,(H,20,22). The summed E-state index contributed by atoms with van der Waals surface area (Å²) >= 11 is 0. The quantitative estimate of drug-likeness (QED) is 0.841. The minimum absolute atomic E-state index is 0.162. The largest absolute Gasteiger partial charge is 0.352 e. The van der Waals surface area contributed by atoms with Gasteiger partial charge in [0.05, 0.1) is 4.90 Å². The number of nitrogens with zero attached hydrogens (tertiary/aromatic N) is 1. The van der Waals surface area contributed by atoms with Crippen LogP contribution in [-0.2, 0) is 10.0 Å². The number of carbonyl (C=O) groups excluding carboxylic acids is 1. The van der Waals surface area contributed by atoms with E-state index in [0.29, 0.717) is 43.0 Å². The molecule has 2 atom stereocenters. The van der Waals surface area contributed by atoms with Crippen molar-refractivity contribution in [1.29, 1.82) is 0 Å². The van der Waals surface area contributed by atoms with Gasteiger partial charge in [-0.3, -0.25) is 4.79 Å². The number of benzene rings is 1. The van der Waals surface area contributed by atoms with Gasteiger partial charge >= 0.3 is 0 Å². The van der Waals surface area contributed by atoms with Crippen LogP contribution in [0.4, 0.5) is 0 Å². The molecule has 0 aliphatic carbocycles. The van der Waals surface area contributed by atoms with E-state index in [-0.39, 0.29) is 10.8 Å². The third-order valence-electron chi connectivity index (χ3n) is 4.60. The highest BCUT2D eigenvalue weighted by Gasteiger charge is 2.31. The van der Waals surface area contributed by atoms with E-state index in [9.17, 15) is 13.2 Å². The van der Waals surface area contributed by atoms with Crippen molar-refractivity contribution in [2.45, 2.75) is 45.4 Å². The van der Waals surface area contributed by atoms with Crippen molar-refractivity contribution in [2.24, 2.45) is 17.8 Å². The van der Waals surface area contributed by atoms with Crippen LogP contribution in [-0.4, -0.2) is 38.3 Å². The number of hydrogen-bond acceptors (Lipinski definition) is 3. The Morgan fingerprint density at radius 3 is 2.24 bits per heavy atom. The van der Waals surface area contributed by atoms with Crippen molar-refractivity contribution in [3.63, 3.8) is 0 Å². The molecule has 140 valence electrons. The van der Waals surface area contributed by atoms with Crippen molar-refractivity contribution < 1.29 is 13.2 Å². The second-order valence-corrected chi connectivity index (χ2v) is 9.67. The minimum Gasteiger partial charge on any atom is -0.352 e. The molecule has 1 amide bonds. The van der Waals surface area contributed by atoms with Crippen LogP contribution in [0.2, 0.25) is 0 Å². The first-order chi connectivity index (χ1) is 11.7. The third-order valence-corrected chi connectivity index (χ3v) is 6.44. The van der Waals surface area contributed by atoms with E-state index < -0.39 is 10.0 Å². The molecule has 1 N–H and O–H groups in total. The molecule has 1 aliphatic heterocycles. The van der Waals surface area contributed by atoms with Gasteiger partial charge in [0.25, 0.3) is 5.91 Å². The molecule has 0 radical (unpaired) electrons. The van der Waals surface area contributed by atoms with E-state index >= 15 is 0 Å². The predicted octanol–water partition coefficient (Wildman–Crippen LogP) is 3.13. The molecule has 6 heteroatoms. The van der Waals surface area contributed by atoms with Crippen LogP contribution in [0.5, 0.6) is 0 Å². The Morgan fingerprint density at radius 1 is 1.16 bits per heavy atom. The molecular weight excluding hydrogens is 336 g/mol. The highest BCUT2D eigenvalue weighted by molar-refractivity contribution is 7.89.